The predicted molar refractivity (Wildman–Crippen MR) is 98.0 cm³/mol. The van der Waals surface area contributed by atoms with Gasteiger partial charge in [0.05, 0.1) is 12.3 Å². The molecule has 5 nitrogen and oxygen atoms in total. The summed E-state index contributed by atoms with van der Waals surface area (Å²) in [5.41, 5.74) is 1.87. The lowest BCUT2D eigenvalue weighted by Crippen LogP contribution is -2.05. The Bertz CT molecular complexity index is 897. The van der Waals surface area contributed by atoms with Crippen molar-refractivity contribution in [1.82, 2.24) is 14.9 Å². The van der Waals surface area contributed by atoms with E-state index in [1.54, 1.807) is 10.9 Å². The molecule has 0 bridgehead atoms. The van der Waals surface area contributed by atoms with E-state index in [0.29, 0.717) is 10.6 Å². The van der Waals surface area contributed by atoms with Gasteiger partial charge in [0.25, 0.3) is 0 Å². The van der Waals surface area contributed by atoms with Crippen LogP contribution in [0, 0.1) is 4.77 Å². The van der Waals surface area contributed by atoms with Crippen LogP contribution < -0.4 is 4.74 Å². The molecule has 0 unspecified atom stereocenters. The standard InChI is InChI=1S/C18H18N4OS/c1-13(2)23-16-10-6-9-15(11-16)17-20-21-18(24)22(17)19-12-14-7-4-3-5-8-14/h3-13H,1-2H3,(H,21,24)/b19-12-. The third-order valence-corrected chi connectivity index (χ3v) is 3.50. The molecule has 3 aromatic rings. The van der Waals surface area contributed by atoms with Crippen LogP contribution in [-0.4, -0.2) is 27.2 Å². The van der Waals surface area contributed by atoms with Crippen LogP contribution in [0.4, 0.5) is 0 Å². The largest absolute Gasteiger partial charge is 0.491 e. The van der Waals surface area contributed by atoms with Crippen molar-refractivity contribution in [3.63, 3.8) is 0 Å². The molecule has 0 radical (unpaired) electrons. The molecule has 0 atom stereocenters. The Labute approximate surface area is 145 Å². The Morgan fingerprint density at radius 3 is 2.71 bits per heavy atom. The second-order valence-electron chi connectivity index (χ2n) is 5.51. The van der Waals surface area contributed by atoms with E-state index in [0.717, 1.165) is 16.9 Å². The van der Waals surface area contributed by atoms with Crippen LogP contribution in [-0.2, 0) is 0 Å². The van der Waals surface area contributed by atoms with E-state index in [1.807, 2.05) is 68.4 Å². The fraction of sp³-hybridized carbons (Fsp3) is 0.167. The molecule has 2 aromatic carbocycles. The minimum atomic E-state index is 0.108. The SMILES string of the molecule is CC(C)Oc1cccc(-c2n[nH]c(=S)n2/N=C\c2ccccc2)c1. The molecule has 3 rings (SSSR count). The number of rotatable bonds is 5. The molecule has 0 aliphatic rings. The maximum Gasteiger partial charge on any atom is 0.216 e. The van der Waals surface area contributed by atoms with E-state index >= 15 is 0 Å². The predicted octanol–water partition coefficient (Wildman–Crippen LogP) is 4.28. The van der Waals surface area contributed by atoms with Gasteiger partial charge in [-0.25, -0.2) is 5.10 Å². The summed E-state index contributed by atoms with van der Waals surface area (Å²) in [5, 5.41) is 11.5. The molecule has 0 spiro atoms. The second-order valence-corrected chi connectivity index (χ2v) is 5.90. The van der Waals surface area contributed by atoms with Crippen LogP contribution >= 0.6 is 12.2 Å². The molecule has 0 saturated heterocycles. The van der Waals surface area contributed by atoms with Gasteiger partial charge in [-0.3, -0.25) is 0 Å². The molecular weight excluding hydrogens is 320 g/mol. The zero-order valence-electron chi connectivity index (χ0n) is 13.5. The molecule has 122 valence electrons. The monoisotopic (exact) mass is 338 g/mol. The summed E-state index contributed by atoms with van der Waals surface area (Å²) in [4.78, 5) is 0. The van der Waals surface area contributed by atoms with Crippen LogP contribution in [0.2, 0.25) is 0 Å². The Kier molecular flexibility index (Phi) is 4.86. The smallest absolute Gasteiger partial charge is 0.216 e. The molecule has 0 amide bonds. The normalized spacial score (nSPS) is 11.3. The quantitative estimate of drug-likeness (QED) is 0.558. The number of aromatic amines is 1. The molecule has 0 aliphatic heterocycles. The third kappa shape index (κ3) is 3.78. The van der Waals surface area contributed by atoms with Gasteiger partial charge < -0.3 is 4.74 Å². The first-order chi connectivity index (χ1) is 11.6. The highest BCUT2D eigenvalue weighted by Crippen LogP contribution is 2.23. The fourth-order valence-corrected chi connectivity index (χ4v) is 2.41. The lowest BCUT2D eigenvalue weighted by molar-refractivity contribution is 0.242. The van der Waals surface area contributed by atoms with E-state index in [-0.39, 0.29) is 6.10 Å². The summed E-state index contributed by atoms with van der Waals surface area (Å²) in [6.07, 6.45) is 1.86. The number of nitrogens with zero attached hydrogens (tertiary/aromatic N) is 3. The number of aromatic nitrogens is 3. The summed E-state index contributed by atoms with van der Waals surface area (Å²) < 4.78 is 7.79. The highest BCUT2D eigenvalue weighted by atomic mass is 32.1. The average Bonchev–Trinajstić information content (AvgIpc) is 2.94. The van der Waals surface area contributed by atoms with Gasteiger partial charge in [-0.05, 0) is 43.8 Å². The van der Waals surface area contributed by atoms with Crippen molar-refractivity contribution in [2.45, 2.75) is 20.0 Å². The van der Waals surface area contributed by atoms with Crippen molar-refractivity contribution in [3.8, 4) is 17.1 Å². The van der Waals surface area contributed by atoms with E-state index in [9.17, 15) is 0 Å². The van der Waals surface area contributed by atoms with Crippen LogP contribution in [0.25, 0.3) is 11.4 Å². The van der Waals surface area contributed by atoms with Crippen molar-refractivity contribution in [2.75, 3.05) is 0 Å². The van der Waals surface area contributed by atoms with Gasteiger partial charge in [-0.2, -0.15) is 14.9 Å². The second kappa shape index (κ2) is 7.23. The Morgan fingerprint density at radius 2 is 1.96 bits per heavy atom. The third-order valence-electron chi connectivity index (χ3n) is 3.24. The van der Waals surface area contributed by atoms with Crippen molar-refractivity contribution >= 4 is 18.4 Å². The lowest BCUT2D eigenvalue weighted by Gasteiger charge is -2.10. The Balaban J connectivity index is 1.96. The van der Waals surface area contributed by atoms with E-state index in [1.165, 1.54) is 0 Å². The molecule has 0 aliphatic carbocycles. The van der Waals surface area contributed by atoms with Crippen LogP contribution in [0.3, 0.4) is 0 Å². The van der Waals surface area contributed by atoms with Crippen LogP contribution in [0.15, 0.2) is 59.7 Å². The first-order valence-corrected chi connectivity index (χ1v) is 8.08. The van der Waals surface area contributed by atoms with Gasteiger partial charge in [0, 0.05) is 5.56 Å². The number of H-pyrrole nitrogens is 1. The van der Waals surface area contributed by atoms with Crippen LogP contribution in [0.5, 0.6) is 5.75 Å². The molecule has 1 N–H and O–H groups in total. The number of hydrogen-bond donors (Lipinski definition) is 1. The van der Waals surface area contributed by atoms with Crippen molar-refractivity contribution < 1.29 is 4.74 Å². The number of benzene rings is 2. The highest BCUT2D eigenvalue weighted by Gasteiger charge is 2.09. The minimum Gasteiger partial charge on any atom is -0.491 e. The van der Waals surface area contributed by atoms with E-state index < -0.39 is 0 Å². The first kappa shape index (κ1) is 16.1. The van der Waals surface area contributed by atoms with Gasteiger partial charge in [0.2, 0.25) is 4.77 Å². The Morgan fingerprint density at radius 1 is 1.17 bits per heavy atom. The maximum absolute atomic E-state index is 5.74. The number of nitrogens with one attached hydrogen (secondary N) is 1. The van der Waals surface area contributed by atoms with Crippen LogP contribution in [0.1, 0.15) is 19.4 Å². The van der Waals surface area contributed by atoms with Crippen molar-refractivity contribution in [1.29, 1.82) is 0 Å². The highest BCUT2D eigenvalue weighted by molar-refractivity contribution is 7.71. The summed E-state index contributed by atoms with van der Waals surface area (Å²) in [6.45, 7) is 3.99. The van der Waals surface area contributed by atoms with Gasteiger partial charge in [0.1, 0.15) is 5.75 Å². The van der Waals surface area contributed by atoms with Crippen molar-refractivity contribution in [2.24, 2.45) is 5.10 Å². The van der Waals surface area contributed by atoms with E-state index in [2.05, 4.69) is 15.3 Å². The first-order valence-electron chi connectivity index (χ1n) is 7.67. The molecule has 6 heteroatoms. The summed E-state index contributed by atoms with van der Waals surface area (Å²) in [6, 6.07) is 17.6. The lowest BCUT2D eigenvalue weighted by atomic mass is 10.2. The maximum atomic E-state index is 5.74. The van der Waals surface area contributed by atoms with Gasteiger partial charge in [-0.15, -0.1) is 0 Å². The number of ether oxygens (including phenoxy) is 1. The Hall–Kier alpha value is -2.73. The summed E-state index contributed by atoms with van der Waals surface area (Å²) >= 11 is 5.29. The molecule has 1 heterocycles. The molecule has 1 aromatic heterocycles. The van der Waals surface area contributed by atoms with Gasteiger partial charge >= 0.3 is 0 Å². The van der Waals surface area contributed by atoms with Crippen molar-refractivity contribution in [3.05, 3.63) is 64.9 Å². The van der Waals surface area contributed by atoms with Gasteiger partial charge in [0.15, 0.2) is 5.82 Å². The molecule has 0 fully saturated rings. The zero-order valence-corrected chi connectivity index (χ0v) is 14.3. The van der Waals surface area contributed by atoms with Gasteiger partial charge in [-0.1, -0.05) is 42.5 Å². The fourth-order valence-electron chi connectivity index (χ4n) is 2.23. The minimum absolute atomic E-state index is 0.108. The number of hydrogen-bond acceptors (Lipinski definition) is 4. The average molecular weight is 338 g/mol. The molecule has 0 saturated carbocycles. The topological polar surface area (TPSA) is 55.2 Å². The van der Waals surface area contributed by atoms with E-state index in [4.69, 9.17) is 17.0 Å². The summed E-state index contributed by atoms with van der Waals surface area (Å²) in [5.74, 6) is 1.43. The molecular formula is C18H18N4OS. The molecule has 24 heavy (non-hydrogen) atoms. The zero-order chi connectivity index (χ0) is 16.9. The summed E-state index contributed by atoms with van der Waals surface area (Å²) in [7, 11) is 0.